The molecular weight excluding hydrogens is 287 g/mol. The second-order valence-corrected chi connectivity index (χ2v) is 5.01. The molecule has 1 aliphatic rings. The van der Waals surface area contributed by atoms with Gasteiger partial charge in [0.25, 0.3) is 6.43 Å². The second-order valence-electron chi connectivity index (χ2n) is 4.58. The fourth-order valence-corrected chi connectivity index (χ4v) is 2.53. The lowest BCUT2D eigenvalue weighted by Gasteiger charge is -2.10. The molecule has 0 radical (unpaired) electrons. The molecule has 0 N–H and O–H groups in total. The molecule has 1 heterocycles. The van der Waals surface area contributed by atoms with Crippen molar-refractivity contribution in [3.05, 3.63) is 63.7 Å². The fraction of sp³-hybridized carbons (Fsp3) is 0.133. The predicted molar refractivity (Wildman–Crippen MR) is 72.2 cm³/mol. The Hall–Kier alpha value is -1.81. The van der Waals surface area contributed by atoms with E-state index in [2.05, 4.69) is 4.98 Å². The SMILES string of the molecule is Fc1ccc(C(F)F)c(C2=Cc3ncc(Cl)cc3C2)c1. The number of nitrogens with zero attached hydrogens (tertiary/aromatic N) is 1. The van der Waals surface area contributed by atoms with E-state index in [0.29, 0.717) is 22.7 Å². The van der Waals surface area contributed by atoms with Crippen LogP contribution in [-0.2, 0) is 6.42 Å². The van der Waals surface area contributed by atoms with Crippen molar-refractivity contribution >= 4 is 23.3 Å². The van der Waals surface area contributed by atoms with Crippen molar-refractivity contribution in [2.24, 2.45) is 0 Å². The Bertz CT molecular complexity index is 710. The third-order valence-corrected chi connectivity index (χ3v) is 3.46. The van der Waals surface area contributed by atoms with Gasteiger partial charge in [-0.05, 0) is 47.0 Å². The topological polar surface area (TPSA) is 12.9 Å². The summed E-state index contributed by atoms with van der Waals surface area (Å²) < 4.78 is 39.4. The Balaban J connectivity index is 2.06. The van der Waals surface area contributed by atoms with Gasteiger partial charge in [0.15, 0.2) is 0 Å². The first kappa shape index (κ1) is 13.2. The number of fused-ring (bicyclic) bond motifs is 1. The molecule has 0 fully saturated rings. The molecule has 0 unspecified atom stereocenters. The Morgan fingerprint density at radius 2 is 2.00 bits per heavy atom. The molecule has 1 aliphatic carbocycles. The monoisotopic (exact) mass is 295 g/mol. The first-order valence-electron chi connectivity index (χ1n) is 5.97. The second kappa shape index (κ2) is 4.94. The van der Waals surface area contributed by atoms with E-state index in [-0.39, 0.29) is 11.1 Å². The van der Waals surface area contributed by atoms with Crippen LogP contribution < -0.4 is 0 Å². The highest BCUT2D eigenvalue weighted by Gasteiger charge is 2.21. The summed E-state index contributed by atoms with van der Waals surface area (Å²) in [4.78, 5) is 4.14. The van der Waals surface area contributed by atoms with E-state index in [1.807, 2.05) is 0 Å². The number of aromatic nitrogens is 1. The van der Waals surface area contributed by atoms with Crippen molar-refractivity contribution in [1.29, 1.82) is 0 Å². The van der Waals surface area contributed by atoms with E-state index >= 15 is 0 Å². The van der Waals surface area contributed by atoms with E-state index in [0.717, 1.165) is 23.8 Å². The molecule has 0 saturated heterocycles. The van der Waals surface area contributed by atoms with E-state index in [1.54, 1.807) is 12.1 Å². The van der Waals surface area contributed by atoms with Gasteiger partial charge < -0.3 is 0 Å². The number of halogens is 4. The van der Waals surface area contributed by atoms with Crippen LogP contribution in [0.15, 0.2) is 30.5 Å². The first-order valence-corrected chi connectivity index (χ1v) is 6.35. The minimum Gasteiger partial charge on any atom is -0.255 e. The van der Waals surface area contributed by atoms with Crippen LogP contribution in [0.5, 0.6) is 0 Å². The smallest absolute Gasteiger partial charge is 0.255 e. The van der Waals surface area contributed by atoms with Crippen molar-refractivity contribution in [2.45, 2.75) is 12.8 Å². The third kappa shape index (κ3) is 2.31. The number of hydrogen-bond acceptors (Lipinski definition) is 1. The summed E-state index contributed by atoms with van der Waals surface area (Å²) in [6, 6.07) is 5.05. The van der Waals surface area contributed by atoms with E-state index in [9.17, 15) is 13.2 Å². The van der Waals surface area contributed by atoms with Gasteiger partial charge in [0.05, 0.1) is 10.7 Å². The zero-order chi connectivity index (χ0) is 14.3. The maximum atomic E-state index is 13.3. The Kier molecular flexibility index (Phi) is 3.26. The van der Waals surface area contributed by atoms with Gasteiger partial charge in [0.2, 0.25) is 0 Å². The van der Waals surface area contributed by atoms with Crippen molar-refractivity contribution in [1.82, 2.24) is 4.98 Å². The number of alkyl halides is 2. The normalized spacial score (nSPS) is 13.6. The average molecular weight is 296 g/mol. The molecule has 102 valence electrons. The Labute approximate surface area is 118 Å². The fourth-order valence-electron chi connectivity index (χ4n) is 2.35. The number of rotatable bonds is 2. The van der Waals surface area contributed by atoms with Crippen molar-refractivity contribution in [3.63, 3.8) is 0 Å². The highest BCUT2D eigenvalue weighted by molar-refractivity contribution is 6.30. The molecule has 3 rings (SSSR count). The molecule has 0 amide bonds. The van der Waals surface area contributed by atoms with Gasteiger partial charge in [0.1, 0.15) is 5.82 Å². The van der Waals surface area contributed by atoms with Crippen LogP contribution >= 0.6 is 11.6 Å². The molecule has 1 aromatic heterocycles. The minimum absolute atomic E-state index is 0.170. The maximum absolute atomic E-state index is 13.3. The molecular formula is C15H9ClF3N. The molecule has 20 heavy (non-hydrogen) atoms. The Morgan fingerprint density at radius 3 is 2.75 bits per heavy atom. The van der Waals surface area contributed by atoms with E-state index < -0.39 is 12.2 Å². The van der Waals surface area contributed by atoms with Gasteiger partial charge in [-0.3, -0.25) is 4.98 Å². The van der Waals surface area contributed by atoms with E-state index in [4.69, 9.17) is 11.6 Å². The van der Waals surface area contributed by atoms with Gasteiger partial charge in [-0.25, -0.2) is 13.2 Å². The molecule has 0 saturated carbocycles. The highest BCUT2D eigenvalue weighted by Crippen LogP contribution is 2.36. The van der Waals surface area contributed by atoms with Gasteiger partial charge in [-0.2, -0.15) is 0 Å². The largest absolute Gasteiger partial charge is 0.264 e. The zero-order valence-electron chi connectivity index (χ0n) is 10.2. The summed E-state index contributed by atoms with van der Waals surface area (Å²) in [5, 5.41) is 0.492. The summed E-state index contributed by atoms with van der Waals surface area (Å²) >= 11 is 5.86. The minimum atomic E-state index is -2.65. The van der Waals surface area contributed by atoms with Gasteiger partial charge in [-0.1, -0.05) is 11.6 Å². The third-order valence-electron chi connectivity index (χ3n) is 3.26. The van der Waals surface area contributed by atoms with Gasteiger partial charge in [-0.15, -0.1) is 0 Å². The molecule has 0 aliphatic heterocycles. The first-order chi connectivity index (χ1) is 9.54. The molecule has 2 aromatic rings. The van der Waals surface area contributed by atoms with Crippen LogP contribution in [0.1, 0.15) is 28.8 Å². The van der Waals surface area contributed by atoms with Crippen LogP contribution in [0.3, 0.4) is 0 Å². The van der Waals surface area contributed by atoms with Crippen LogP contribution in [0.4, 0.5) is 13.2 Å². The predicted octanol–water partition coefficient (Wildman–Crippen LogP) is 4.91. The number of hydrogen-bond donors (Lipinski definition) is 0. The summed E-state index contributed by atoms with van der Waals surface area (Å²) in [6.45, 7) is 0. The van der Waals surface area contributed by atoms with Crippen LogP contribution in [0.25, 0.3) is 11.6 Å². The molecule has 1 nitrogen and oxygen atoms in total. The van der Waals surface area contributed by atoms with Crippen molar-refractivity contribution in [2.75, 3.05) is 0 Å². The standard InChI is InChI=1S/C15H9ClF3N/c16-10-4-9-3-8(5-14(9)20-7-10)13-6-11(17)1-2-12(13)15(18)19/h1-2,4-7,15H,3H2. The van der Waals surface area contributed by atoms with Gasteiger partial charge in [0, 0.05) is 18.2 Å². The zero-order valence-corrected chi connectivity index (χ0v) is 11.0. The maximum Gasteiger partial charge on any atom is 0.264 e. The Morgan fingerprint density at radius 1 is 1.20 bits per heavy atom. The summed E-state index contributed by atoms with van der Waals surface area (Å²) in [7, 11) is 0. The van der Waals surface area contributed by atoms with E-state index in [1.165, 1.54) is 6.20 Å². The molecule has 1 aromatic carbocycles. The molecule has 0 bridgehead atoms. The number of benzene rings is 1. The van der Waals surface area contributed by atoms with Crippen LogP contribution in [0, 0.1) is 5.82 Å². The van der Waals surface area contributed by atoms with Gasteiger partial charge >= 0.3 is 0 Å². The highest BCUT2D eigenvalue weighted by atomic mass is 35.5. The number of allylic oxidation sites excluding steroid dienone is 1. The lowest BCUT2D eigenvalue weighted by Crippen LogP contribution is -1.96. The summed E-state index contributed by atoms with van der Waals surface area (Å²) in [6.07, 6.45) is 0.976. The lowest BCUT2D eigenvalue weighted by molar-refractivity contribution is 0.151. The molecule has 0 spiro atoms. The molecule has 5 heteroatoms. The quantitative estimate of drug-likeness (QED) is 0.767. The summed E-state index contributed by atoms with van der Waals surface area (Å²) in [5.41, 5.74) is 2.24. The lowest BCUT2D eigenvalue weighted by atomic mass is 9.98. The average Bonchev–Trinajstić information content (AvgIpc) is 2.81. The number of pyridine rings is 1. The molecule has 0 atom stereocenters. The summed E-state index contributed by atoms with van der Waals surface area (Å²) in [5.74, 6) is -0.535. The van der Waals surface area contributed by atoms with Crippen LogP contribution in [-0.4, -0.2) is 4.98 Å². The van der Waals surface area contributed by atoms with Crippen molar-refractivity contribution in [3.8, 4) is 0 Å². The van der Waals surface area contributed by atoms with Crippen molar-refractivity contribution < 1.29 is 13.2 Å². The van der Waals surface area contributed by atoms with Crippen LogP contribution in [0.2, 0.25) is 5.02 Å².